The minimum atomic E-state index is -0.260. The second-order valence-electron chi connectivity index (χ2n) is 8.85. The summed E-state index contributed by atoms with van der Waals surface area (Å²) in [5, 5.41) is 0. The summed E-state index contributed by atoms with van der Waals surface area (Å²) < 4.78 is 5.89. The number of nitrogens with zero attached hydrogens (tertiary/aromatic N) is 2. The molecule has 0 saturated carbocycles. The number of hydrogen-bond acceptors (Lipinski definition) is 4. The maximum atomic E-state index is 13.8. The number of amides is 2. The number of carbonyl (C=O) groups excluding carboxylic acids is 2. The van der Waals surface area contributed by atoms with Crippen LogP contribution in [-0.4, -0.2) is 42.0 Å². The van der Waals surface area contributed by atoms with E-state index in [9.17, 15) is 9.59 Å². The summed E-state index contributed by atoms with van der Waals surface area (Å²) >= 11 is 0. The summed E-state index contributed by atoms with van der Waals surface area (Å²) in [5.74, 6) is -0.517. The molecule has 0 bridgehead atoms. The van der Waals surface area contributed by atoms with Crippen molar-refractivity contribution in [2.45, 2.75) is 53.8 Å². The first kappa shape index (κ1) is 21.3. The van der Waals surface area contributed by atoms with Crippen molar-refractivity contribution in [1.82, 2.24) is 4.90 Å². The lowest BCUT2D eigenvalue weighted by molar-refractivity contribution is -0.121. The Morgan fingerprint density at radius 2 is 1.52 bits per heavy atom. The van der Waals surface area contributed by atoms with Crippen molar-refractivity contribution in [2.75, 3.05) is 18.0 Å². The number of aryl methyl sites for hydroxylation is 3. The molecule has 5 heteroatoms. The largest absolute Gasteiger partial charge is 0.372 e. The van der Waals surface area contributed by atoms with Gasteiger partial charge >= 0.3 is 0 Å². The van der Waals surface area contributed by atoms with Crippen molar-refractivity contribution in [2.24, 2.45) is 0 Å². The minimum absolute atomic E-state index is 0.0186. The molecule has 2 aromatic carbocycles. The van der Waals surface area contributed by atoms with Crippen molar-refractivity contribution in [3.63, 3.8) is 0 Å². The molecule has 1 saturated heterocycles. The lowest BCUT2D eigenvalue weighted by Crippen LogP contribution is -2.47. The van der Waals surface area contributed by atoms with Crippen LogP contribution in [0.1, 0.15) is 41.7 Å². The summed E-state index contributed by atoms with van der Waals surface area (Å²) in [5.41, 5.74) is 6.64. The van der Waals surface area contributed by atoms with Crippen LogP contribution in [0.5, 0.6) is 0 Å². The van der Waals surface area contributed by atoms with Crippen LogP contribution in [0.15, 0.2) is 42.1 Å². The highest BCUT2D eigenvalue weighted by molar-refractivity contribution is 6.45. The lowest BCUT2D eigenvalue weighted by Gasteiger charge is -2.37. The number of anilines is 1. The topological polar surface area (TPSA) is 49.9 Å². The van der Waals surface area contributed by atoms with Gasteiger partial charge in [-0.15, -0.1) is 0 Å². The van der Waals surface area contributed by atoms with E-state index >= 15 is 0 Å². The third-order valence-electron chi connectivity index (χ3n) is 6.41. The number of morpholine rings is 1. The molecule has 162 valence electrons. The van der Waals surface area contributed by atoms with Crippen molar-refractivity contribution >= 4 is 23.1 Å². The SMILES string of the molecule is Cc1ccc(C2=C(N3CC(C)OC(C)C3)C(=O)N(c3cccc(C)c3C)C2=O)cc1C. The molecule has 2 heterocycles. The van der Waals surface area contributed by atoms with E-state index in [0.717, 1.165) is 27.8 Å². The minimum Gasteiger partial charge on any atom is -0.372 e. The summed E-state index contributed by atoms with van der Waals surface area (Å²) in [6.07, 6.45) is -0.0372. The van der Waals surface area contributed by atoms with Gasteiger partial charge < -0.3 is 9.64 Å². The monoisotopic (exact) mass is 418 g/mol. The molecule has 2 aliphatic rings. The van der Waals surface area contributed by atoms with E-state index in [1.165, 1.54) is 4.90 Å². The average molecular weight is 419 g/mol. The van der Waals surface area contributed by atoms with Gasteiger partial charge in [-0.05, 0) is 75.4 Å². The number of carbonyl (C=O) groups is 2. The Morgan fingerprint density at radius 3 is 2.16 bits per heavy atom. The number of ether oxygens (including phenoxy) is 1. The zero-order chi connectivity index (χ0) is 22.4. The fourth-order valence-corrected chi connectivity index (χ4v) is 4.53. The molecule has 31 heavy (non-hydrogen) atoms. The molecular weight excluding hydrogens is 388 g/mol. The smallest absolute Gasteiger partial charge is 0.282 e. The normalized spacial score (nSPS) is 22.0. The van der Waals surface area contributed by atoms with E-state index in [1.54, 1.807) is 0 Å². The van der Waals surface area contributed by atoms with Gasteiger partial charge in [-0.3, -0.25) is 9.59 Å². The van der Waals surface area contributed by atoms with Gasteiger partial charge in [0.15, 0.2) is 0 Å². The lowest BCUT2D eigenvalue weighted by atomic mass is 9.99. The molecule has 0 aromatic heterocycles. The van der Waals surface area contributed by atoms with Gasteiger partial charge in [-0.25, -0.2) is 4.90 Å². The van der Waals surface area contributed by atoms with E-state index in [0.29, 0.717) is 30.0 Å². The Kier molecular flexibility index (Phi) is 5.48. The van der Waals surface area contributed by atoms with Gasteiger partial charge in [-0.2, -0.15) is 0 Å². The van der Waals surface area contributed by atoms with Gasteiger partial charge in [0, 0.05) is 13.1 Å². The Morgan fingerprint density at radius 1 is 0.839 bits per heavy atom. The molecule has 0 N–H and O–H groups in total. The predicted octanol–water partition coefficient (Wildman–Crippen LogP) is 4.31. The number of hydrogen-bond donors (Lipinski definition) is 0. The van der Waals surface area contributed by atoms with E-state index in [2.05, 4.69) is 0 Å². The first-order chi connectivity index (χ1) is 14.7. The summed E-state index contributed by atoms with van der Waals surface area (Å²) in [4.78, 5) is 31.0. The average Bonchev–Trinajstić information content (AvgIpc) is 2.96. The van der Waals surface area contributed by atoms with Gasteiger partial charge in [0.2, 0.25) is 0 Å². The van der Waals surface area contributed by atoms with Crippen LogP contribution < -0.4 is 4.90 Å². The van der Waals surface area contributed by atoms with Crippen LogP contribution in [-0.2, 0) is 14.3 Å². The van der Waals surface area contributed by atoms with Crippen molar-refractivity contribution < 1.29 is 14.3 Å². The first-order valence-corrected chi connectivity index (χ1v) is 10.9. The highest BCUT2D eigenvalue weighted by atomic mass is 16.5. The number of rotatable bonds is 3. The van der Waals surface area contributed by atoms with Crippen LogP contribution in [0.4, 0.5) is 5.69 Å². The standard InChI is InChI=1S/C26H30N2O3/c1-15-10-11-21(12-17(15)3)23-24(27-13-18(4)31-19(5)14-27)26(30)28(25(23)29)22-9-7-8-16(2)20(22)6/h7-12,18-19H,13-14H2,1-6H3. The van der Waals surface area contributed by atoms with Crippen LogP contribution >= 0.6 is 0 Å². The zero-order valence-electron chi connectivity index (χ0n) is 19.2. The quantitative estimate of drug-likeness (QED) is 0.697. The first-order valence-electron chi connectivity index (χ1n) is 10.9. The van der Waals surface area contributed by atoms with E-state index in [1.807, 2.05) is 82.8 Å². The van der Waals surface area contributed by atoms with Crippen LogP contribution in [0, 0.1) is 27.7 Å². The second-order valence-corrected chi connectivity index (χ2v) is 8.85. The van der Waals surface area contributed by atoms with Gasteiger partial charge in [0.1, 0.15) is 5.70 Å². The van der Waals surface area contributed by atoms with Crippen molar-refractivity contribution in [3.8, 4) is 0 Å². The van der Waals surface area contributed by atoms with E-state index < -0.39 is 0 Å². The summed E-state index contributed by atoms with van der Waals surface area (Å²) in [7, 11) is 0. The van der Waals surface area contributed by atoms with Crippen LogP contribution in [0.25, 0.3) is 5.57 Å². The zero-order valence-corrected chi connectivity index (χ0v) is 19.2. The number of benzene rings is 2. The molecule has 0 radical (unpaired) electrons. The molecule has 2 amide bonds. The molecule has 0 spiro atoms. The van der Waals surface area contributed by atoms with Crippen molar-refractivity contribution in [3.05, 3.63) is 69.9 Å². The Hall–Kier alpha value is -2.92. The molecule has 5 nitrogen and oxygen atoms in total. The van der Waals surface area contributed by atoms with Crippen LogP contribution in [0.2, 0.25) is 0 Å². The summed E-state index contributed by atoms with van der Waals surface area (Å²) in [6, 6.07) is 11.7. The molecule has 2 atom stereocenters. The van der Waals surface area contributed by atoms with E-state index in [-0.39, 0.29) is 24.0 Å². The van der Waals surface area contributed by atoms with Gasteiger partial charge in [0.25, 0.3) is 11.8 Å². The Bertz CT molecular complexity index is 1090. The molecule has 0 aliphatic carbocycles. The highest BCUT2D eigenvalue weighted by Crippen LogP contribution is 2.38. The van der Waals surface area contributed by atoms with Gasteiger partial charge in [0.05, 0.1) is 23.5 Å². The maximum absolute atomic E-state index is 13.8. The summed E-state index contributed by atoms with van der Waals surface area (Å²) in [6.45, 7) is 13.2. The molecule has 2 unspecified atom stereocenters. The molecule has 1 fully saturated rings. The van der Waals surface area contributed by atoms with Gasteiger partial charge in [-0.1, -0.05) is 30.3 Å². The maximum Gasteiger partial charge on any atom is 0.282 e. The van der Waals surface area contributed by atoms with E-state index in [4.69, 9.17) is 4.74 Å². The fraction of sp³-hybridized carbons (Fsp3) is 0.385. The molecule has 4 rings (SSSR count). The highest BCUT2D eigenvalue weighted by Gasteiger charge is 2.44. The third kappa shape index (κ3) is 3.68. The molecular formula is C26H30N2O3. The fourth-order valence-electron chi connectivity index (χ4n) is 4.53. The third-order valence-corrected chi connectivity index (χ3v) is 6.41. The Labute approximate surface area is 184 Å². The second kappa shape index (κ2) is 7.97. The molecule has 2 aliphatic heterocycles. The van der Waals surface area contributed by atoms with Crippen molar-refractivity contribution in [1.29, 1.82) is 0 Å². The molecule has 2 aromatic rings. The van der Waals surface area contributed by atoms with Crippen LogP contribution in [0.3, 0.4) is 0 Å². The number of imide groups is 1. The Balaban J connectivity index is 1.89. The predicted molar refractivity (Wildman–Crippen MR) is 123 cm³/mol.